The van der Waals surface area contributed by atoms with Crippen molar-refractivity contribution in [2.75, 3.05) is 11.9 Å². The molecule has 150 valence electrons. The van der Waals surface area contributed by atoms with E-state index in [0.717, 1.165) is 5.56 Å². The van der Waals surface area contributed by atoms with Crippen LogP contribution in [-0.4, -0.2) is 33.6 Å². The zero-order valence-electron chi connectivity index (χ0n) is 16.7. The minimum atomic E-state index is -0.508. The van der Waals surface area contributed by atoms with Crippen molar-refractivity contribution in [1.29, 1.82) is 0 Å². The second-order valence-electron chi connectivity index (χ2n) is 6.89. The molecule has 0 aliphatic rings. The Labute approximate surface area is 173 Å². The van der Waals surface area contributed by atoms with E-state index in [1.807, 2.05) is 37.3 Å². The van der Waals surface area contributed by atoms with Crippen molar-refractivity contribution in [3.05, 3.63) is 78.0 Å². The van der Waals surface area contributed by atoms with Gasteiger partial charge < -0.3 is 10.6 Å². The molecule has 0 radical (unpaired) electrons. The number of carbonyl (C=O) groups excluding carboxylic acids is 2. The van der Waals surface area contributed by atoms with Crippen LogP contribution in [0, 0.1) is 0 Å². The van der Waals surface area contributed by atoms with Crippen LogP contribution in [0.5, 0.6) is 0 Å². The fourth-order valence-corrected chi connectivity index (χ4v) is 3.36. The third kappa shape index (κ3) is 3.41. The number of carbonyl (C=O) groups is 2. The third-order valence-electron chi connectivity index (χ3n) is 5.05. The van der Waals surface area contributed by atoms with E-state index in [0.29, 0.717) is 40.1 Å². The number of pyridine rings is 1. The molecule has 0 fully saturated rings. The van der Waals surface area contributed by atoms with Crippen LogP contribution >= 0.6 is 0 Å². The monoisotopic (exact) mass is 399 g/mol. The largest absolute Gasteiger partial charge is 0.366 e. The van der Waals surface area contributed by atoms with Gasteiger partial charge in [0.25, 0.3) is 5.91 Å². The van der Waals surface area contributed by atoms with E-state index in [4.69, 9.17) is 10.7 Å². The van der Waals surface area contributed by atoms with Crippen LogP contribution in [0.4, 0.5) is 5.69 Å². The van der Waals surface area contributed by atoms with Crippen molar-refractivity contribution in [3.63, 3.8) is 0 Å². The molecule has 0 aliphatic carbocycles. The number of amides is 2. The SMILES string of the molecule is CCn1ncc2c(C(=O)N(C)c3ccc(C(N)=O)cc3)cc(-c3ccccc3)nc21. The maximum atomic E-state index is 13.4. The van der Waals surface area contributed by atoms with Gasteiger partial charge in [-0.05, 0) is 37.3 Å². The molecule has 2 aromatic heterocycles. The van der Waals surface area contributed by atoms with E-state index >= 15 is 0 Å². The van der Waals surface area contributed by atoms with Crippen LogP contribution in [0.15, 0.2) is 66.9 Å². The first kappa shape index (κ1) is 19.3. The topological polar surface area (TPSA) is 94.1 Å². The summed E-state index contributed by atoms with van der Waals surface area (Å²) in [6.07, 6.45) is 1.68. The fraction of sp³-hybridized carbons (Fsp3) is 0.130. The lowest BCUT2D eigenvalue weighted by atomic mass is 10.1. The summed E-state index contributed by atoms with van der Waals surface area (Å²) < 4.78 is 1.78. The van der Waals surface area contributed by atoms with Gasteiger partial charge in [-0.3, -0.25) is 9.59 Å². The minimum Gasteiger partial charge on any atom is -0.366 e. The van der Waals surface area contributed by atoms with Crippen molar-refractivity contribution in [3.8, 4) is 11.3 Å². The van der Waals surface area contributed by atoms with Crippen LogP contribution in [-0.2, 0) is 6.54 Å². The second kappa shape index (κ2) is 7.79. The highest BCUT2D eigenvalue weighted by atomic mass is 16.2. The van der Waals surface area contributed by atoms with E-state index in [-0.39, 0.29) is 5.91 Å². The maximum absolute atomic E-state index is 13.4. The summed E-state index contributed by atoms with van der Waals surface area (Å²) in [6.45, 7) is 2.63. The van der Waals surface area contributed by atoms with Crippen LogP contribution in [0.3, 0.4) is 0 Å². The Morgan fingerprint density at radius 2 is 1.77 bits per heavy atom. The number of fused-ring (bicyclic) bond motifs is 1. The molecular weight excluding hydrogens is 378 g/mol. The zero-order valence-corrected chi connectivity index (χ0v) is 16.7. The second-order valence-corrected chi connectivity index (χ2v) is 6.89. The number of hydrogen-bond acceptors (Lipinski definition) is 4. The van der Waals surface area contributed by atoms with Crippen molar-refractivity contribution in [2.45, 2.75) is 13.5 Å². The van der Waals surface area contributed by atoms with Crippen molar-refractivity contribution in [1.82, 2.24) is 14.8 Å². The number of nitrogens with two attached hydrogens (primary N) is 1. The van der Waals surface area contributed by atoms with E-state index in [1.54, 1.807) is 48.3 Å². The zero-order chi connectivity index (χ0) is 21.3. The van der Waals surface area contributed by atoms with Gasteiger partial charge in [-0.2, -0.15) is 5.10 Å². The predicted octanol–water partition coefficient (Wildman–Crippen LogP) is 3.49. The number of aromatic nitrogens is 3. The van der Waals surface area contributed by atoms with Crippen LogP contribution in [0.25, 0.3) is 22.3 Å². The maximum Gasteiger partial charge on any atom is 0.258 e. The molecule has 30 heavy (non-hydrogen) atoms. The molecule has 0 bridgehead atoms. The van der Waals surface area contributed by atoms with Gasteiger partial charge in [-0.1, -0.05) is 30.3 Å². The van der Waals surface area contributed by atoms with Gasteiger partial charge in [-0.15, -0.1) is 0 Å². The smallest absolute Gasteiger partial charge is 0.258 e. The highest BCUT2D eigenvalue weighted by molar-refractivity contribution is 6.13. The molecule has 4 aromatic rings. The van der Waals surface area contributed by atoms with Gasteiger partial charge >= 0.3 is 0 Å². The average molecular weight is 399 g/mol. The fourth-order valence-electron chi connectivity index (χ4n) is 3.36. The Balaban J connectivity index is 1.81. The Bertz CT molecular complexity index is 1230. The highest BCUT2D eigenvalue weighted by Crippen LogP contribution is 2.27. The lowest BCUT2D eigenvalue weighted by Crippen LogP contribution is -2.26. The van der Waals surface area contributed by atoms with Gasteiger partial charge in [0.2, 0.25) is 5.91 Å². The summed E-state index contributed by atoms with van der Waals surface area (Å²) in [5.41, 5.74) is 9.16. The molecule has 7 heteroatoms. The number of hydrogen-bond donors (Lipinski definition) is 1. The number of rotatable bonds is 5. The molecule has 2 amide bonds. The van der Waals surface area contributed by atoms with Crippen LogP contribution in [0.2, 0.25) is 0 Å². The van der Waals surface area contributed by atoms with Gasteiger partial charge in [0.05, 0.1) is 22.8 Å². The predicted molar refractivity (Wildman–Crippen MR) is 116 cm³/mol. The Kier molecular flexibility index (Phi) is 5.02. The molecule has 0 aliphatic heterocycles. The first-order valence-electron chi connectivity index (χ1n) is 9.59. The van der Waals surface area contributed by atoms with E-state index in [9.17, 15) is 9.59 Å². The van der Waals surface area contributed by atoms with E-state index in [1.165, 1.54) is 4.90 Å². The average Bonchev–Trinajstić information content (AvgIpc) is 3.21. The third-order valence-corrected chi connectivity index (χ3v) is 5.05. The van der Waals surface area contributed by atoms with Gasteiger partial charge in [0.15, 0.2) is 5.65 Å². The Morgan fingerprint density at radius 1 is 1.07 bits per heavy atom. The van der Waals surface area contributed by atoms with Crippen molar-refractivity contribution >= 4 is 28.5 Å². The molecule has 2 aromatic carbocycles. The van der Waals surface area contributed by atoms with E-state index in [2.05, 4.69) is 5.10 Å². The molecule has 2 N–H and O–H groups in total. The summed E-state index contributed by atoms with van der Waals surface area (Å²) >= 11 is 0. The molecule has 2 heterocycles. The molecule has 0 saturated heterocycles. The van der Waals surface area contributed by atoms with Crippen LogP contribution in [0.1, 0.15) is 27.6 Å². The Hall–Kier alpha value is -4.00. The lowest BCUT2D eigenvalue weighted by molar-refractivity contribution is 0.0990. The molecule has 0 atom stereocenters. The Morgan fingerprint density at radius 3 is 2.40 bits per heavy atom. The lowest BCUT2D eigenvalue weighted by Gasteiger charge is -2.18. The van der Waals surface area contributed by atoms with Gasteiger partial charge in [0, 0.05) is 30.4 Å². The van der Waals surface area contributed by atoms with Crippen molar-refractivity contribution < 1.29 is 9.59 Å². The number of nitrogens with zero attached hydrogens (tertiary/aromatic N) is 4. The molecule has 0 saturated carbocycles. The number of anilines is 1. The summed E-state index contributed by atoms with van der Waals surface area (Å²) in [7, 11) is 1.69. The van der Waals surface area contributed by atoms with Gasteiger partial charge in [-0.25, -0.2) is 9.67 Å². The summed E-state index contributed by atoms with van der Waals surface area (Å²) in [5, 5.41) is 5.08. The number of primary amides is 1. The summed E-state index contributed by atoms with van der Waals surface area (Å²) in [5.74, 6) is -0.701. The highest BCUT2D eigenvalue weighted by Gasteiger charge is 2.21. The molecule has 0 spiro atoms. The number of aryl methyl sites for hydroxylation is 1. The van der Waals surface area contributed by atoms with Crippen molar-refractivity contribution in [2.24, 2.45) is 5.73 Å². The molecule has 4 rings (SSSR count). The molecule has 7 nitrogen and oxygen atoms in total. The van der Waals surface area contributed by atoms with Crippen LogP contribution < -0.4 is 10.6 Å². The van der Waals surface area contributed by atoms with E-state index < -0.39 is 5.91 Å². The molecule has 0 unspecified atom stereocenters. The standard InChI is InChI=1S/C23H21N5O2/c1-3-28-22-19(14-25-28)18(13-20(26-22)15-7-5-4-6-8-15)23(30)27(2)17-11-9-16(10-12-17)21(24)29/h4-14H,3H2,1-2H3,(H2,24,29). The minimum absolute atomic E-state index is 0.193. The quantitative estimate of drug-likeness (QED) is 0.556. The van der Waals surface area contributed by atoms with Gasteiger partial charge in [0.1, 0.15) is 0 Å². The number of benzene rings is 2. The first-order valence-corrected chi connectivity index (χ1v) is 9.59. The molecular formula is C23H21N5O2. The summed E-state index contributed by atoms with van der Waals surface area (Å²) in [4.78, 5) is 31.0. The normalized spacial score (nSPS) is 10.9. The first-order chi connectivity index (χ1) is 14.5. The summed E-state index contributed by atoms with van der Waals surface area (Å²) in [6, 6.07) is 18.1.